The Morgan fingerprint density at radius 1 is 1.03 bits per heavy atom. The number of amides is 2. The molecule has 1 aromatic carbocycles. The molecule has 2 aliphatic rings. The molecule has 1 atom stereocenters. The number of carbonyl (C=O) groups is 2. The van der Waals surface area contributed by atoms with Gasteiger partial charge in [-0.2, -0.15) is 0 Å². The number of piperidine rings is 1. The van der Waals surface area contributed by atoms with Crippen LogP contribution in [0.5, 0.6) is 0 Å². The van der Waals surface area contributed by atoms with Crippen molar-refractivity contribution < 1.29 is 14.3 Å². The van der Waals surface area contributed by atoms with E-state index in [4.69, 9.17) is 27.9 Å². The van der Waals surface area contributed by atoms with E-state index in [1.165, 1.54) is 0 Å². The largest absolute Gasteiger partial charge is 0.444 e. The Bertz CT molecular complexity index is 971. The minimum absolute atomic E-state index is 0.168. The smallest absolute Gasteiger partial charge is 0.410 e. The van der Waals surface area contributed by atoms with Gasteiger partial charge in [-0.3, -0.25) is 14.6 Å². The van der Waals surface area contributed by atoms with Crippen LogP contribution in [0.3, 0.4) is 0 Å². The number of carbonyl (C=O) groups excluding carboxylic acids is 2. The fraction of sp³-hybridized carbons (Fsp3) is 0.519. The zero-order valence-corrected chi connectivity index (χ0v) is 22.8. The van der Waals surface area contributed by atoms with Gasteiger partial charge in [-0.1, -0.05) is 41.4 Å². The Morgan fingerprint density at radius 2 is 1.67 bits per heavy atom. The summed E-state index contributed by atoms with van der Waals surface area (Å²) in [4.78, 5) is 34.8. The first kappa shape index (κ1) is 28.2. The van der Waals surface area contributed by atoms with Crippen LogP contribution in [-0.2, 0) is 9.53 Å². The standard InChI is InChI=1S/C21H32N4O3.C6H4Cl2/c1-21(2,3)28-20(27)24-14-12-23(13-15-24)11-9-17-7-8-19(26)25(16-17)18-6-4-5-10-22-18;7-5-3-1-2-4-6(5)8/h4-6,10,17H,7-9,11-16H2,1-3H3;1-4H. The Morgan fingerprint density at radius 3 is 2.22 bits per heavy atom. The van der Waals surface area contributed by atoms with Crippen LogP contribution < -0.4 is 4.90 Å². The van der Waals surface area contributed by atoms with Gasteiger partial charge in [0, 0.05) is 45.3 Å². The summed E-state index contributed by atoms with van der Waals surface area (Å²) in [6, 6.07) is 12.9. The summed E-state index contributed by atoms with van der Waals surface area (Å²) in [6.45, 7) is 10.6. The summed E-state index contributed by atoms with van der Waals surface area (Å²) in [5.74, 6) is 1.41. The van der Waals surface area contributed by atoms with Crippen LogP contribution in [0.1, 0.15) is 40.0 Å². The first-order valence-corrected chi connectivity index (χ1v) is 13.2. The number of nitrogens with zero attached hydrogens (tertiary/aromatic N) is 4. The van der Waals surface area contributed by atoms with Crippen molar-refractivity contribution in [1.29, 1.82) is 0 Å². The summed E-state index contributed by atoms with van der Waals surface area (Å²) in [6.07, 6.45) is 4.11. The van der Waals surface area contributed by atoms with E-state index < -0.39 is 5.60 Å². The van der Waals surface area contributed by atoms with Crippen molar-refractivity contribution >= 4 is 41.0 Å². The second-order valence-electron chi connectivity index (χ2n) is 10.1. The summed E-state index contributed by atoms with van der Waals surface area (Å²) >= 11 is 11.2. The Hall–Kier alpha value is -2.35. The second-order valence-corrected chi connectivity index (χ2v) is 10.9. The van der Waals surface area contributed by atoms with Gasteiger partial charge in [0.1, 0.15) is 11.4 Å². The maximum absolute atomic E-state index is 12.3. The fourth-order valence-corrected chi connectivity index (χ4v) is 4.44. The molecule has 3 heterocycles. The van der Waals surface area contributed by atoms with Crippen LogP contribution >= 0.6 is 23.2 Å². The van der Waals surface area contributed by atoms with E-state index in [-0.39, 0.29) is 12.0 Å². The van der Waals surface area contributed by atoms with Gasteiger partial charge in [-0.15, -0.1) is 0 Å². The van der Waals surface area contributed by atoms with Crippen molar-refractivity contribution in [1.82, 2.24) is 14.8 Å². The van der Waals surface area contributed by atoms with Gasteiger partial charge >= 0.3 is 6.09 Å². The first-order chi connectivity index (χ1) is 17.1. The van der Waals surface area contributed by atoms with Crippen molar-refractivity contribution in [3.63, 3.8) is 0 Å². The van der Waals surface area contributed by atoms with Gasteiger partial charge in [0.15, 0.2) is 0 Å². The van der Waals surface area contributed by atoms with Crippen molar-refractivity contribution in [3.8, 4) is 0 Å². The number of aromatic nitrogens is 1. The van der Waals surface area contributed by atoms with Crippen molar-refractivity contribution in [2.24, 2.45) is 5.92 Å². The van der Waals surface area contributed by atoms with Crippen LogP contribution in [0.15, 0.2) is 48.7 Å². The van der Waals surface area contributed by atoms with E-state index >= 15 is 0 Å². The Balaban J connectivity index is 0.000000383. The highest BCUT2D eigenvalue weighted by molar-refractivity contribution is 6.41. The molecule has 196 valence electrons. The average Bonchev–Trinajstić information content (AvgIpc) is 2.85. The number of ether oxygens (including phenoxy) is 1. The highest BCUT2D eigenvalue weighted by Crippen LogP contribution is 2.25. The number of pyridine rings is 1. The quantitative estimate of drug-likeness (QED) is 0.498. The van der Waals surface area contributed by atoms with Crippen molar-refractivity contribution in [2.45, 2.75) is 45.6 Å². The fourth-order valence-electron chi connectivity index (χ4n) is 4.17. The molecule has 2 fully saturated rings. The minimum atomic E-state index is -0.452. The highest BCUT2D eigenvalue weighted by atomic mass is 35.5. The third-order valence-corrected chi connectivity index (χ3v) is 6.89. The molecule has 2 saturated heterocycles. The van der Waals surface area contributed by atoms with Gasteiger partial charge in [-0.05, 0) is 70.3 Å². The van der Waals surface area contributed by atoms with E-state index in [9.17, 15) is 9.59 Å². The molecular weight excluding hydrogens is 499 g/mol. The molecular formula is C27H36Cl2N4O3. The number of hydrogen-bond acceptors (Lipinski definition) is 5. The van der Waals surface area contributed by atoms with Crippen LogP contribution in [-0.4, -0.2) is 71.7 Å². The molecule has 0 saturated carbocycles. The number of hydrogen-bond donors (Lipinski definition) is 0. The van der Waals surface area contributed by atoms with Gasteiger partial charge in [0.2, 0.25) is 5.91 Å². The number of halogens is 2. The lowest BCUT2D eigenvalue weighted by atomic mass is 9.94. The van der Waals surface area contributed by atoms with E-state index in [0.717, 1.165) is 44.8 Å². The van der Waals surface area contributed by atoms with E-state index in [2.05, 4.69) is 9.88 Å². The van der Waals surface area contributed by atoms with Crippen LogP contribution in [0.25, 0.3) is 0 Å². The van der Waals surface area contributed by atoms with Gasteiger partial charge in [-0.25, -0.2) is 9.78 Å². The molecule has 0 aliphatic carbocycles. The van der Waals surface area contributed by atoms with Crippen LogP contribution in [0.4, 0.5) is 10.6 Å². The highest BCUT2D eigenvalue weighted by Gasteiger charge is 2.29. The van der Waals surface area contributed by atoms with Crippen molar-refractivity contribution in [3.05, 3.63) is 58.7 Å². The molecule has 0 radical (unpaired) electrons. The molecule has 7 nitrogen and oxygen atoms in total. The Labute approximate surface area is 224 Å². The van der Waals surface area contributed by atoms with E-state index in [1.807, 2.05) is 56.0 Å². The summed E-state index contributed by atoms with van der Waals surface area (Å²) < 4.78 is 5.46. The predicted octanol–water partition coefficient (Wildman–Crippen LogP) is 5.76. The third-order valence-electron chi connectivity index (χ3n) is 6.14. The lowest BCUT2D eigenvalue weighted by molar-refractivity contribution is -0.120. The normalized spacial score (nSPS) is 18.9. The number of piperazine rings is 1. The molecule has 1 aromatic heterocycles. The maximum Gasteiger partial charge on any atom is 0.410 e. The van der Waals surface area contributed by atoms with Crippen LogP contribution in [0, 0.1) is 5.92 Å². The Kier molecular flexibility index (Phi) is 10.4. The predicted molar refractivity (Wildman–Crippen MR) is 145 cm³/mol. The molecule has 4 rings (SSSR count). The zero-order chi connectivity index (χ0) is 26.1. The topological polar surface area (TPSA) is 66.0 Å². The molecule has 0 bridgehead atoms. The average molecular weight is 536 g/mol. The monoisotopic (exact) mass is 534 g/mol. The molecule has 36 heavy (non-hydrogen) atoms. The summed E-state index contributed by atoms with van der Waals surface area (Å²) in [5, 5.41) is 1.21. The maximum atomic E-state index is 12.3. The number of anilines is 1. The number of benzene rings is 1. The van der Waals surface area contributed by atoms with Gasteiger partial charge in [0.05, 0.1) is 10.0 Å². The molecule has 1 unspecified atom stereocenters. The van der Waals surface area contributed by atoms with E-state index in [1.54, 1.807) is 23.2 Å². The lowest BCUT2D eigenvalue weighted by Gasteiger charge is -2.37. The molecule has 2 aromatic rings. The molecule has 0 spiro atoms. The molecule has 9 heteroatoms. The summed E-state index contributed by atoms with van der Waals surface area (Å²) in [7, 11) is 0. The van der Waals surface area contributed by atoms with Gasteiger partial charge in [0.25, 0.3) is 0 Å². The van der Waals surface area contributed by atoms with Crippen molar-refractivity contribution in [2.75, 3.05) is 44.2 Å². The minimum Gasteiger partial charge on any atom is -0.444 e. The lowest BCUT2D eigenvalue weighted by Crippen LogP contribution is -2.50. The zero-order valence-electron chi connectivity index (χ0n) is 21.3. The van der Waals surface area contributed by atoms with Crippen LogP contribution in [0.2, 0.25) is 10.0 Å². The molecule has 2 aliphatic heterocycles. The number of rotatable bonds is 4. The third kappa shape index (κ3) is 8.95. The summed E-state index contributed by atoms with van der Waals surface area (Å²) in [5.41, 5.74) is -0.452. The second kappa shape index (κ2) is 13.3. The SMILES string of the molecule is CC(C)(C)OC(=O)N1CCN(CCC2CCC(=O)N(c3ccccn3)C2)CC1.Clc1ccccc1Cl. The first-order valence-electron chi connectivity index (χ1n) is 12.4. The van der Waals surface area contributed by atoms with E-state index in [0.29, 0.717) is 35.5 Å². The molecule has 0 N–H and O–H groups in total. The van der Waals surface area contributed by atoms with Gasteiger partial charge < -0.3 is 9.64 Å². The molecule has 2 amide bonds.